The third-order valence-electron chi connectivity index (χ3n) is 4.00. The summed E-state index contributed by atoms with van der Waals surface area (Å²) in [6.07, 6.45) is 4.46. The summed E-state index contributed by atoms with van der Waals surface area (Å²) in [6.45, 7) is 6.23. The van der Waals surface area contributed by atoms with Crippen LogP contribution in [0, 0.1) is 5.92 Å². The highest BCUT2D eigenvalue weighted by atomic mass is 35.5. The molecule has 25 heavy (non-hydrogen) atoms. The van der Waals surface area contributed by atoms with Gasteiger partial charge in [-0.3, -0.25) is 4.79 Å². The van der Waals surface area contributed by atoms with Crippen LogP contribution in [0.25, 0.3) is 0 Å². The van der Waals surface area contributed by atoms with Crippen LogP contribution in [0.15, 0.2) is 12.3 Å². The summed E-state index contributed by atoms with van der Waals surface area (Å²) >= 11 is 0. The van der Waals surface area contributed by atoms with Crippen LogP contribution in [0.5, 0.6) is 5.88 Å². The van der Waals surface area contributed by atoms with Gasteiger partial charge in [0.1, 0.15) is 0 Å². The third kappa shape index (κ3) is 7.63. The second kappa shape index (κ2) is 13.0. The Balaban J connectivity index is 0.00000288. The van der Waals surface area contributed by atoms with Gasteiger partial charge in [-0.25, -0.2) is 4.98 Å². The normalized spacial score (nSPS) is 14.2. The van der Waals surface area contributed by atoms with E-state index in [1.807, 2.05) is 0 Å². The number of piperidine rings is 1. The van der Waals surface area contributed by atoms with E-state index in [1.54, 1.807) is 19.4 Å². The summed E-state index contributed by atoms with van der Waals surface area (Å²) in [6, 6.07) is 1.73. The fourth-order valence-electron chi connectivity index (χ4n) is 2.66. The number of anilines is 1. The van der Waals surface area contributed by atoms with Crippen LogP contribution in [0.4, 0.5) is 5.95 Å². The molecule has 0 spiro atoms. The van der Waals surface area contributed by atoms with Crippen molar-refractivity contribution < 1.29 is 9.53 Å². The molecule has 1 amide bonds. The number of hydrogen-bond acceptors (Lipinski definition) is 6. The first-order valence-electron chi connectivity index (χ1n) is 8.35. The Bertz CT molecular complexity index is 499. The van der Waals surface area contributed by atoms with Crippen molar-refractivity contribution >= 4 is 36.7 Å². The molecule has 1 aliphatic rings. The maximum absolute atomic E-state index is 12.2. The zero-order valence-electron chi connectivity index (χ0n) is 14.9. The standard InChI is InChI=1S/C16H27N5O2.2ClH/c1-3-7-17-9-10-18-15(22)13-5-11-21(12-6-13)16-19-8-4-14(20-16)23-2;;/h4,8,13,17H,3,5-7,9-12H2,1-2H3,(H,18,22);2*1H. The molecule has 0 aliphatic carbocycles. The Labute approximate surface area is 162 Å². The molecule has 0 aromatic carbocycles. The summed E-state index contributed by atoms with van der Waals surface area (Å²) in [5.41, 5.74) is 0. The number of carbonyl (C=O) groups is 1. The fourth-order valence-corrected chi connectivity index (χ4v) is 2.66. The summed E-state index contributed by atoms with van der Waals surface area (Å²) in [5.74, 6) is 1.49. The van der Waals surface area contributed by atoms with E-state index in [2.05, 4.69) is 32.4 Å². The smallest absolute Gasteiger partial charge is 0.228 e. The van der Waals surface area contributed by atoms with E-state index >= 15 is 0 Å². The van der Waals surface area contributed by atoms with Gasteiger partial charge in [0, 0.05) is 44.4 Å². The van der Waals surface area contributed by atoms with E-state index in [4.69, 9.17) is 4.74 Å². The predicted molar refractivity (Wildman–Crippen MR) is 104 cm³/mol. The number of carbonyl (C=O) groups excluding carboxylic acids is 1. The molecule has 0 saturated carbocycles. The van der Waals surface area contributed by atoms with Crippen LogP contribution in [0.1, 0.15) is 26.2 Å². The molecule has 1 saturated heterocycles. The lowest BCUT2D eigenvalue weighted by Crippen LogP contribution is -2.42. The van der Waals surface area contributed by atoms with Crippen LogP contribution in [0.3, 0.4) is 0 Å². The molecule has 2 heterocycles. The quantitative estimate of drug-likeness (QED) is 0.653. The van der Waals surface area contributed by atoms with E-state index in [0.717, 1.165) is 45.4 Å². The zero-order chi connectivity index (χ0) is 16.5. The fraction of sp³-hybridized carbons (Fsp3) is 0.688. The van der Waals surface area contributed by atoms with Crippen molar-refractivity contribution in [3.8, 4) is 5.88 Å². The molecule has 1 aromatic heterocycles. The van der Waals surface area contributed by atoms with E-state index in [0.29, 0.717) is 18.4 Å². The van der Waals surface area contributed by atoms with Crippen LogP contribution < -0.4 is 20.3 Å². The molecule has 2 N–H and O–H groups in total. The second-order valence-electron chi connectivity index (χ2n) is 5.70. The van der Waals surface area contributed by atoms with Crippen molar-refractivity contribution in [2.24, 2.45) is 5.92 Å². The summed E-state index contributed by atoms with van der Waals surface area (Å²) in [7, 11) is 1.60. The number of ether oxygens (including phenoxy) is 1. The Morgan fingerprint density at radius 3 is 2.64 bits per heavy atom. The molecule has 144 valence electrons. The van der Waals surface area contributed by atoms with Gasteiger partial charge in [0.15, 0.2) is 0 Å². The highest BCUT2D eigenvalue weighted by Crippen LogP contribution is 2.21. The average molecular weight is 394 g/mol. The van der Waals surface area contributed by atoms with Crippen molar-refractivity contribution in [2.45, 2.75) is 26.2 Å². The Morgan fingerprint density at radius 1 is 1.28 bits per heavy atom. The predicted octanol–water partition coefficient (Wildman–Crippen LogP) is 1.66. The van der Waals surface area contributed by atoms with Gasteiger partial charge in [0.05, 0.1) is 7.11 Å². The van der Waals surface area contributed by atoms with Crippen molar-refractivity contribution in [3.05, 3.63) is 12.3 Å². The van der Waals surface area contributed by atoms with Gasteiger partial charge in [-0.2, -0.15) is 4.98 Å². The monoisotopic (exact) mass is 393 g/mol. The number of halogens is 2. The average Bonchev–Trinajstić information content (AvgIpc) is 2.61. The van der Waals surface area contributed by atoms with E-state index in [9.17, 15) is 4.79 Å². The second-order valence-corrected chi connectivity index (χ2v) is 5.70. The number of aromatic nitrogens is 2. The minimum atomic E-state index is 0. The van der Waals surface area contributed by atoms with Gasteiger partial charge in [-0.15, -0.1) is 24.8 Å². The Kier molecular flexibility index (Phi) is 12.3. The van der Waals surface area contributed by atoms with Gasteiger partial charge >= 0.3 is 0 Å². The molecular weight excluding hydrogens is 365 g/mol. The summed E-state index contributed by atoms with van der Waals surface area (Å²) in [4.78, 5) is 22.9. The highest BCUT2D eigenvalue weighted by molar-refractivity contribution is 5.85. The van der Waals surface area contributed by atoms with Crippen molar-refractivity contribution in [3.63, 3.8) is 0 Å². The summed E-state index contributed by atoms with van der Waals surface area (Å²) < 4.78 is 5.13. The molecule has 1 aromatic rings. The molecule has 1 fully saturated rings. The lowest BCUT2D eigenvalue weighted by Gasteiger charge is -2.31. The molecule has 0 bridgehead atoms. The van der Waals surface area contributed by atoms with Crippen molar-refractivity contribution in [1.29, 1.82) is 0 Å². The topological polar surface area (TPSA) is 79.4 Å². The molecule has 7 nitrogen and oxygen atoms in total. The first-order chi connectivity index (χ1) is 11.2. The van der Waals surface area contributed by atoms with E-state index < -0.39 is 0 Å². The zero-order valence-corrected chi connectivity index (χ0v) is 16.5. The van der Waals surface area contributed by atoms with Gasteiger partial charge in [-0.05, 0) is 25.8 Å². The highest BCUT2D eigenvalue weighted by Gasteiger charge is 2.26. The van der Waals surface area contributed by atoms with Crippen LogP contribution in [-0.2, 0) is 4.79 Å². The Morgan fingerprint density at radius 2 is 2.00 bits per heavy atom. The lowest BCUT2D eigenvalue weighted by atomic mass is 9.96. The molecule has 0 atom stereocenters. The minimum Gasteiger partial charge on any atom is -0.481 e. The van der Waals surface area contributed by atoms with Crippen LogP contribution >= 0.6 is 24.8 Å². The number of nitrogens with zero attached hydrogens (tertiary/aromatic N) is 3. The van der Waals surface area contributed by atoms with E-state index in [1.165, 1.54) is 0 Å². The number of hydrogen-bond donors (Lipinski definition) is 2. The maximum Gasteiger partial charge on any atom is 0.228 e. The van der Waals surface area contributed by atoms with Crippen LogP contribution in [-0.4, -0.2) is 55.7 Å². The lowest BCUT2D eigenvalue weighted by molar-refractivity contribution is -0.125. The molecule has 0 unspecified atom stereocenters. The van der Waals surface area contributed by atoms with Gasteiger partial charge < -0.3 is 20.3 Å². The van der Waals surface area contributed by atoms with Crippen molar-refractivity contribution in [1.82, 2.24) is 20.6 Å². The number of rotatable bonds is 8. The van der Waals surface area contributed by atoms with Crippen LogP contribution in [0.2, 0.25) is 0 Å². The van der Waals surface area contributed by atoms with Gasteiger partial charge in [0.2, 0.25) is 17.7 Å². The number of amides is 1. The maximum atomic E-state index is 12.2. The van der Waals surface area contributed by atoms with E-state index in [-0.39, 0.29) is 36.6 Å². The number of methoxy groups -OCH3 is 1. The molecule has 0 radical (unpaired) electrons. The van der Waals surface area contributed by atoms with Gasteiger partial charge in [0.25, 0.3) is 0 Å². The third-order valence-corrected chi connectivity index (χ3v) is 4.00. The first kappa shape index (κ1) is 23.7. The summed E-state index contributed by atoms with van der Waals surface area (Å²) in [5, 5.41) is 6.29. The first-order valence-corrected chi connectivity index (χ1v) is 8.35. The molecule has 1 aliphatic heterocycles. The minimum absolute atomic E-state index is 0. The number of nitrogens with one attached hydrogen (secondary N) is 2. The SMILES string of the molecule is CCCNCCNC(=O)C1CCN(c2nccc(OC)n2)CC1.Cl.Cl. The van der Waals surface area contributed by atoms with Gasteiger partial charge in [-0.1, -0.05) is 6.92 Å². The molecule has 9 heteroatoms. The molecule has 2 rings (SSSR count). The largest absolute Gasteiger partial charge is 0.481 e. The van der Waals surface area contributed by atoms with Crippen molar-refractivity contribution in [2.75, 3.05) is 44.7 Å². The molecular formula is C16H29Cl2N5O2. The Hall–Kier alpha value is -1.31.